The normalized spacial score (nSPS) is 12.7. The minimum Gasteiger partial charge on any atom is -0.344 e. The minimum atomic E-state index is 1.18. The molecule has 0 amide bonds. The molecule has 10 rings (SSSR count). The standard InChI is InChI=1S/C35H21N3S/c1-36-26-16-9-14-23-29-21-12-5-7-15-25(21)37(20-10-3-2-4-11-20)35(29)38-32-24(18-19-27(36)31(32)30(23)26)34-33(38)22-13-6-8-17-28(22)39-34/h2-19H,1H3. The van der Waals surface area contributed by atoms with Crippen molar-refractivity contribution in [1.29, 1.82) is 0 Å². The molecule has 10 aromatic rings. The highest BCUT2D eigenvalue weighted by atomic mass is 32.1. The van der Waals surface area contributed by atoms with Crippen molar-refractivity contribution in [3.63, 3.8) is 0 Å². The molecule has 5 aromatic heterocycles. The Hall–Kier alpha value is -4.80. The molecule has 5 heterocycles. The maximum absolute atomic E-state index is 2.60. The summed E-state index contributed by atoms with van der Waals surface area (Å²) in [5.74, 6) is 0. The van der Waals surface area contributed by atoms with Gasteiger partial charge in [0.05, 0.1) is 26.8 Å². The predicted octanol–water partition coefficient (Wildman–Crippen LogP) is 9.64. The van der Waals surface area contributed by atoms with Crippen LogP contribution in [0.25, 0.3) is 86.0 Å². The average Bonchev–Trinajstić information content (AvgIpc) is 3.67. The van der Waals surface area contributed by atoms with E-state index in [0.29, 0.717) is 0 Å². The Morgan fingerprint density at radius 1 is 0.513 bits per heavy atom. The summed E-state index contributed by atoms with van der Waals surface area (Å²) in [5, 5.41) is 9.25. The summed E-state index contributed by atoms with van der Waals surface area (Å²) in [4.78, 5) is 0. The number of hydrogen-bond acceptors (Lipinski definition) is 1. The Bertz CT molecular complexity index is 2610. The van der Waals surface area contributed by atoms with Crippen LogP contribution >= 0.6 is 11.3 Å². The van der Waals surface area contributed by atoms with Gasteiger partial charge in [-0.3, -0.25) is 8.97 Å². The molecular weight excluding hydrogens is 494 g/mol. The SMILES string of the molecule is Cn1c2cccc3c2c2c1ccc1c4sc5ccccc5c4n(c12)c1c3c2ccccc2n1-c1ccccc1. The number of aromatic nitrogens is 3. The first-order valence-corrected chi connectivity index (χ1v) is 14.2. The molecule has 3 nitrogen and oxygen atoms in total. The zero-order valence-electron chi connectivity index (χ0n) is 21.1. The van der Waals surface area contributed by atoms with E-state index in [2.05, 4.69) is 130 Å². The van der Waals surface area contributed by atoms with Crippen LogP contribution in [0.1, 0.15) is 0 Å². The van der Waals surface area contributed by atoms with Gasteiger partial charge in [-0.1, -0.05) is 66.7 Å². The number of rotatable bonds is 1. The Kier molecular flexibility index (Phi) is 3.52. The van der Waals surface area contributed by atoms with E-state index >= 15 is 0 Å². The van der Waals surface area contributed by atoms with Crippen molar-refractivity contribution in [3.05, 3.63) is 109 Å². The average molecular weight is 516 g/mol. The predicted molar refractivity (Wildman–Crippen MR) is 167 cm³/mol. The van der Waals surface area contributed by atoms with E-state index in [-0.39, 0.29) is 0 Å². The Balaban J connectivity index is 1.70. The molecule has 0 aliphatic rings. The molecule has 182 valence electrons. The van der Waals surface area contributed by atoms with Crippen LogP contribution in [0.2, 0.25) is 0 Å². The van der Waals surface area contributed by atoms with Crippen LogP contribution in [-0.2, 0) is 7.05 Å². The third-order valence-electron chi connectivity index (χ3n) is 8.78. The summed E-state index contributed by atoms with van der Waals surface area (Å²) in [6, 6.07) is 40.2. The van der Waals surface area contributed by atoms with Gasteiger partial charge in [0.1, 0.15) is 5.65 Å². The maximum Gasteiger partial charge on any atom is 0.131 e. The van der Waals surface area contributed by atoms with E-state index in [9.17, 15) is 0 Å². The molecule has 0 saturated carbocycles. The van der Waals surface area contributed by atoms with Crippen molar-refractivity contribution >= 4 is 91.7 Å². The van der Waals surface area contributed by atoms with Gasteiger partial charge in [0, 0.05) is 55.3 Å². The Labute approximate surface area is 226 Å². The van der Waals surface area contributed by atoms with Crippen LogP contribution in [0.15, 0.2) is 109 Å². The molecule has 0 aliphatic heterocycles. The van der Waals surface area contributed by atoms with Gasteiger partial charge in [-0.05, 0) is 47.9 Å². The fourth-order valence-corrected chi connectivity index (χ4v) is 8.46. The van der Waals surface area contributed by atoms with Crippen LogP contribution < -0.4 is 0 Å². The molecule has 0 saturated heterocycles. The van der Waals surface area contributed by atoms with Gasteiger partial charge in [0.2, 0.25) is 0 Å². The molecule has 0 fully saturated rings. The summed E-state index contributed by atoms with van der Waals surface area (Å²) in [7, 11) is 2.21. The van der Waals surface area contributed by atoms with Crippen molar-refractivity contribution < 1.29 is 0 Å². The van der Waals surface area contributed by atoms with Crippen LogP contribution in [-0.4, -0.2) is 13.5 Å². The molecule has 0 radical (unpaired) electrons. The summed E-state index contributed by atoms with van der Waals surface area (Å²) in [6.07, 6.45) is 0. The van der Waals surface area contributed by atoms with Crippen LogP contribution in [0.5, 0.6) is 0 Å². The van der Waals surface area contributed by atoms with Gasteiger partial charge in [-0.15, -0.1) is 11.3 Å². The van der Waals surface area contributed by atoms with Crippen molar-refractivity contribution in [2.75, 3.05) is 0 Å². The highest BCUT2D eigenvalue weighted by molar-refractivity contribution is 7.26. The molecule has 39 heavy (non-hydrogen) atoms. The first kappa shape index (κ1) is 20.2. The molecule has 0 spiro atoms. The van der Waals surface area contributed by atoms with Gasteiger partial charge in [0.15, 0.2) is 0 Å². The monoisotopic (exact) mass is 515 g/mol. The van der Waals surface area contributed by atoms with Gasteiger partial charge in [-0.2, -0.15) is 0 Å². The van der Waals surface area contributed by atoms with Crippen molar-refractivity contribution in [2.24, 2.45) is 7.05 Å². The summed E-state index contributed by atoms with van der Waals surface area (Å²) in [6.45, 7) is 0. The van der Waals surface area contributed by atoms with E-state index in [0.717, 1.165) is 0 Å². The van der Waals surface area contributed by atoms with Crippen LogP contribution in [0.3, 0.4) is 0 Å². The van der Waals surface area contributed by atoms with E-state index < -0.39 is 0 Å². The molecule has 0 bridgehead atoms. The lowest BCUT2D eigenvalue weighted by atomic mass is 10.0. The third-order valence-corrected chi connectivity index (χ3v) is 9.97. The van der Waals surface area contributed by atoms with Gasteiger partial charge < -0.3 is 4.57 Å². The third kappa shape index (κ3) is 2.24. The van der Waals surface area contributed by atoms with Gasteiger partial charge in [0.25, 0.3) is 0 Å². The molecular formula is C35H21N3S. The highest BCUT2D eigenvalue weighted by Crippen LogP contribution is 2.49. The topological polar surface area (TPSA) is 14.3 Å². The molecule has 0 unspecified atom stereocenters. The number of aryl methyl sites for hydroxylation is 1. The number of fused-ring (bicyclic) bond motifs is 10. The zero-order valence-corrected chi connectivity index (χ0v) is 22.0. The quantitative estimate of drug-likeness (QED) is 0.207. The maximum atomic E-state index is 2.60. The van der Waals surface area contributed by atoms with E-state index in [1.807, 2.05) is 11.3 Å². The van der Waals surface area contributed by atoms with Gasteiger partial charge >= 0.3 is 0 Å². The number of hydrogen-bond donors (Lipinski definition) is 0. The van der Waals surface area contributed by atoms with Crippen molar-refractivity contribution in [3.8, 4) is 5.69 Å². The number of thiophene rings is 1. The number of benzene rings is 5. The summed E-state index contributed by atoms with van der Waals surface area (Å²) < 4.78 is 10.2. The minimum absolute atomic E-state index is 1.18. The van der Waals surface area contributed by atoms with Crippen molar-refractivity contribution in [2.45, 2.75) is 0 Å². The molecule has 0 atom stereocenters. The van der Waals surface area contributed by atoms with Crippen molar-refractivity contribution in [1.82, 2.24) is 13.5 Å². The zero-order chi connectivity index (χ0) is 25.4. The molecule has 0 aliphatic carbocycles. The number of para-hydroxylation sites is 2. The second kappa shape index (κ2) is 6.79. The van der Waals surface area contributed by atoms with Gasteiger partial charge in [-0.25, -0.2) is 0 Å². The lowest BCUT2D eigenvalue weighted by Gasteiger charge is -2.09. The lowest BCUT2D eigenvalue weighted by Crippen LogP contribution is -1.97. The Morgan fingerprint density at radius 2 is 1.23 bits per heavy atom. The van der Waals surface area contributed by atoms with Crippen LogP contribution in [0, 0.1) is 0 Å². The smallest absolute Gasteiger partial charge is 0.131 e. The number of nitrogens with zero attached hydrogens (tertiary/aromatic N) is 3. The first-order valence-electron chi connectivity index (χ1n) is 13.4. The molecule has 4 heteroatoms. The Morgan fingerprint density at radius 3 is 2.13 bits per heavy atom. The van der Waals surface area contributed by atoms with Crippen LogP contribution in [0.4, 0.5) is 0 Å². The van der Waals surface area contributed by atoms with E-state index in [4.69, 9.17) is 0 Å². The molecule has 0 N–H and O–H groups in total. The molecule has 5 aromatic carbocycles. The van der Waals surface area contributed by atoms with E-state index in [1.54, 1.807) is 0 Å². The second-order valence-electron chi connectivity index (χ2n) is 10.6. The first-order chi connectivity index (χ1) is 19.3. The van der Waals surface area contributed by atoms with E-state index in [1.165, 1.54) is 86.0 Å². The largest absolute Gasteiger partial charge is 0.344 e. The fourth-order valence-electron chi connectivity index (χ4n) is 7.24. The lowest BCUT2D eigenvalue weighted by molar-refractivity contribution is 1.01. The second-order valence-corrected chi connectivity index (χ2v) is 11.7. The summed E-state index contributed by atoms with van der Waals surface area (Å²) >= 11 is 1.92. The highest BCUT2D eigenvalue weighted by Gasteiger charge is 2.26. The fraction of sp³-hybridized carbons (Fsp3) is 0.0286. The summed E-state index contributed by atoms with van der Waals surface area (Å²) in [5.41, 5.74) is 8.81.